The fourth-order valence-corrected chi connectivity index (χ4v) is 2.63. The molecule has 1 unspecified atom stereocenters. The Bertz CT molecular complexity index is 553. The molecule has 1 atom stereocenters. The van der Waals surface area contributed by atoms with Crippen LogP contribution >= 0.6 is 15.9 Å². The number of rotatable bonds is 7. The maximum atomic E-state index is 5.18. The van der Waals surface area contributed by atoms with E-state index in [2.05, 4.69) is 58.5 Å². The van der Waals surface area contributed by atoms with Crippen LogP contribution in [0.5, 0.6) is 5.75 Å². The van der Waals surface area contributed by atoms with Gasteiger partial charge in [-0.2, -0.15) is 0 Å². The molecule has 0 radical (unpaired) electrons. The number of ether oxygens (including phenoxy) is 1. The summed E-state index contributed by atoms with van der Waals surface area (Å²) in [5.41, 5.74) is 2.65. The van der Waals surface area contributed by atoms with Crippen molar-refractivity contribution in [3.05, 3.63) is 64.1 Å². The summed E-state index contributed by atoms with van der Waals surface area (Å²) in [7, 11) is 1.70. The van der Waals surface area contributed by atoms with Gasteiger partial charge in [0.25, 0.3) is 0 Å². The molecule has 0 bridgehead atoms. The molecule has 0 aliphatic heterocycles. The van der Waals surface area contributed by atoms with Crippen LogP contribution in [0.4, 0.5) is 0 Å². The van der Waals surface area contributed by atoms with Crippen LogP contribution in [0.2, 0.25) is 0 Å². The minimum absolute atomic E-state index is 0.485. The van der Waals surface area contributed by atoms with Crippen LogP contribution in [0.25, 0.3) is 0 Å². The number of benzene rings is 2. The molecule has 0 saturated carbocycles. The summed E-state index contributed by atoms with van der Waals surface area (Å²) in [6.45, 7) is 3.13. The van der Waals surface area contributed by atoms with Crippen LogP contribution in [0.15, 0.2) is 53.0 Å². The second kappa shape index (κ2) is 8.20. The zero-order valence-electron chi connectivity index (χ0n) is 12.6. The van der Waals surface area contributed by atoms with Crippen LogP contribution in [-0.2, 0) is 13.0 Å². The van der Waals surface area contributed by atoms with Gasteiger partial charge >= 0.3 is 0 Å². The predicted molar refractivity (Wildman–Crippen MR) is 91.8 cm³/mol. The maximum absolute atomic E-state index is 5.18. The molecule has 2 aromatic rings. The molecule has 0 fully saturated rings. The van der Waals surface area contributed by atoms with Gasteiger partial charge in [0.05, 0.1) is 7.11 Å². The Kier molecular flexibility index (Phi) is 6.27. The fourth-order valence-electron chi connectivity index (χ4n) is 2.20. The highest BCUT2D eigenvalue weighted by molar-refractivity contribution is 9.10. The summed E-state index contributed by atoms with van der Waals surface area (Å²) < 4.78 is 6.34. The summed E-state index contributed by atoms with van der Waals surface area (Å²) >= 11 is 3.58. The predicted octanol–water partition coefficient (Wildman–Crippen LogP) is 4.57. The molecule has 1 N–H and O–H groups in total. The minimum Gasteiger partial charge on any atom is -0.497 e. The van der Waals surface area contributed by atoms with Gasteiger partial charge in [-0.15, -0.1) is 0 Å². The second-order valence-electron chi connectivity index (χ2n) is 5.26. The molecule has 21 heavy (non-hydrogen) atoms. The van der Waals surface area contributed by atoms with Gasteiger partial charge in [-0.05, 0) is 49.1 Å². The lowest BCUT2D eigenvalue weighted by atomic mass is 10.1. The topological polar surface area (TPSA) is 21.3 Å². The third-order valence-electron chi connectivity index (χ3n) is 3.62. The molecule has 0 spiro atoms. The zero-order valence-corrected chi connectivity index (χ0v) is 14.2. The first-order valence-electron chi connectivity index (χ1n) is 7.29. The van der Waals surface area contributed by atoms with Crippen molar-refractivity contribution < 1.29 is 4.74 Å². The van der Waals surface area contributed by atoms with Crippen molar-refractivity contribution in [2.75, 3.05) is 7.11 Å². The van der Waals surface area contributed by atoms with Crippen molar-refractivity contribution in [2.45, 2.75) is 32.4 Å². The number of hydrogen-bond donors (Lipinski definition) is 1. The molecule has 0 aliphatic rings. The van der Waals surface area contributed by atoms with Gasteiger partial charge in [-0.3, -0.25) is 0 Å². The molecule has 0 heterocycles. The van der Waals surface area contributed by atoms with E-state index >= 15 is 0 Å². The van der Waals surface area contributed by atoms with Crippen LogP contribution in [-0.4, -0.2) is 13.2 Å². The Morgan fingerprint density at radius 1 is 1.10 bits per heavy atom. The molecule has 0 saturated heterocycles. The van der Waals surface area contributed by atoms with Crippen molar-refractivity contribution in [2.24, 2.45) is 0 Å². The van der Waals surface area contributed by atoms with Gasteiger partial charge in [0.1, 0.15) is 5.75 Å². The molecule has 2 rings (SSSR count). The standard InChI is InChI=1S/C18H22BrNO/c1-14(20-13-16-5-3-4-6-18(16)19)7-8-15-9-11-17(21-2)12-10-15/h3-6,9-12,14,20H,7-8,13H2,1-2H3. The largest absolute Gasteiger partial charge is 0.497 e. The summed E-state index contributed by atoms with van der Waals surface area (Å²) in [5.74, 6) is 0.916. The Morgan fingerprint density at radius 3 is 2.48 bits per heavy atom. The minimum atomic E-state index is 0.485. The number of aryl methyl sites for hydroxylation is 1. The molecular weight excluding hydrogens is 326 g/mol. The number of hydrogen-bond acceptors (Lipinski definition) is 2. The first kappa shape index (κ1) is 16.1. The lowest BCUT2D eigenvalue weighted by Crippen LogP contribution is -2.26. The molecular formula is C18H22BrNO. The summed E-state index contributed by atoms with van der Waals surface area (Å²) in [6.07, 6.45) is 2.20. The molecule has 0 aliphatic carbocycles. The lowest BCUT2D eigenvalue weighted by Gasteiger charge is -2.14. The first-order valence-corrected chi connectivity index (χ1v) is 8.08. The SMILES string of the molecule is COc1ccc(CCC(C)NCc2ccccc2Br)cc1. The Morgan fingerprint density at radius 2 is 1.81 bits per heavy atom. The average Bonchev–Trinajstić information content (AvgIpc) is 2.52. The van der Waals surface area contributed by atoms with Crippen LogP contribution in [0.3, 0.4) is 0 Å². The second-order valence-corrected chi connectivity index (χ2v) is 6.11. The maximum Gasteiger partial charge on any atom is 0.118 e. The van der Waals surface area contributed by atoms with E-state index in [1.54, 1.807) is 7.11 Å². The van der Waals surface area contributed by atoms with E-state index < -0.39 is 0 Å². The van der Waals surface area contributed by atoms with Gasteiger partial charge in [-0.25, -0.2) is 0 Å². The summed E-state index contributed by atoms with van der Waals surface area (Å²) in [4.78, 5) is 0. The molecule has 3 heteroatoms. The Labute approximate surface area is 135 Å². The average molecular weight is 348 g/mol. The van der Waals surface area contributed by atoms with Crippen molar-refractivity contribution in [1.82, 2.24) is 5.32 Å². The van der Waals surface area contributed by atoms with E-state index in [0.29, 0.717) is 6.04 Å². The zero-order chi connectivity index (χ0) is 15.1. The van der Waals surface area contributed by atoms with Crippen molar-refractivity contribution in [1.29, 1.82) is 0 Å². The normalized spacial score (nSPS) is 12.1. The molecule has 2 nitrogen and oxygen atoms in total. The van der Waals surface area contributed by atoms with Crippen molar-refractivity contribution >= 4 is 15.9 Å². The summed E-state index contributed by atoms with van der Waals surface area (Å²) in [6, 6.07) is 17.2. The molecule has 0 amide bonds. The highest BCUT2D eigenvalue weighted by Crippen LogP contribution is 2.16. The first-order chi connectivity index (χ1) is 10.2. The van der Waals surface area contributed by atoms with Gasteiger partial charge in [-0.1, -0.05) is 46.3 Å². The van der Waals surface area contributed by atoms with Crippen molar-refractivity contribution in [3.63, 3.8) is 0 Å². The van der Waals surface area contributed by atoms with E-state index in [0.717, 1.165) is 25.1 Å². The van der Waals surface area contributed by atoms with Crippen molar-refractivity contribution in [3.8, 4) is 5.75 Å². The Balaban J connectivity index is 1.76. The monoisotopic (exact) mass is 347 g/mol. The van der Waals surface area contributed by atoms with E-state index in [1.807, 2.05) is 18.2 Å². The van der Waals surface area contributed by atoms with E-state index in [-0.39, 0.29) is 0 Å². The van der Waals surface area contributed by atoms with Gasteiger partial charge in [0.2, 0.25) is 0 Å². The third kappa shape index (κ3) is 5.18. The third-order valence-corrected chi connectivity index (χ3v) is 4.40. The molecule has 2 aromatic carbocycles. The van der Waals surface area contributed by atoms with Gasteiger partial charge in [0.15, 0.2) is 0 Å². The molecule has 0 aromatic heterocycles. The van der Waals surface area contributed by atoms with Crippen LogP contribution in [0.1, 0.15) is 24.5 Å². The quantitative estimate of drug-likeness (QED) is 0.792. The van der Waals surface area contributed by atoms with E-state index in [4.69, 9.17) is 4.74 Å². The molecule has 112 valence electrons. The van der Waals surface area contributed by atoms with Gasteiger partial charge < -0.3 is 10.1 Å². The van der Waals surface area contributed by atoms with Crippen LogP contribution < -0.4 is 10.1 Å². The van der Waals surface area contributed by atoms with Gasteiger partial charge in [0, 0.05) is 17.1 Å². The van der Waals surface area contributed by atoms with E-state index in [9.17, 15) is 0 Å². The van der Waals surface area contributed by atoms with E-state index in [1.165, 1.54) is 15.6 Å². The lowest BCUT2D eigenvalue weighted by molar-refractivity contribution is 0.414. The smallest absolute Gasteiger partial charge is 0.118 e. The Hall–Kier alpha value is -1.32. The highest BCUT2D eigenvalue weighted by Gasteiger charge is 2.04. The van der Waals surface area contributed by atoms with Crippen LogP contribution in [0, 0.1) is 0 Å². The fraction of sp³-hybridized carbons (Fsp3) is 0.333. The highest BCUT2D eigenvalue weighted by atomic mass is 79.9. The summed E-state index contributed by atoms with van der Waals surface area (Å²) in [5, 5.41) is 3.58. The number of halogens is 1. The number of methoxy groups -OCH3 is 1. The number of nitrogens with one attached hydrogen (secondary N) is 1.